The maximum Gasteiger partial charge on any atom is 0.236 e. The van der Waals surface area contributed by atoms with Gasteiger partial charge in [-0.3, -0.25) is 9.88 Å². The molecular formula is C18H25N3OS. The smallest absolute Gasteiger partial charge is 0.236 e. The Morgan fingerprint density at radius 2 is 2.09 bits per heavy atom. The van der Waals surface area contributed by atoms with Crippen LogP contribution >= 0.6 is 11.8 Å². The van der Waals surface area contributed by atoms with Gasteiger partial charge in [0.15, 0.2) is 0 Å². The fraction of sp³-hybridized carbons (Fsp3) is 0.556. The molecule has 0 spiro atoms. The topological polar surface area (TPSA) is 38.3 Å². The Bertz CT molecular complexity index is 592. The fourth-order valence-corrected chi connectivity index (χ4v) is 4.27. The molecular weight excluding hydrogens is 306 g/mol. The molecule has 0 aliphatic carbocycles. The Kier molecular flexibility index (Phi) is 5.73. The number of hydrogen-bond donors (Lipinski definition) is 0. The minimum Gasteiger partial charge on any atom is -0.480 e. The van der Waals surface area contributed by atoms with E-state index in [0.29, 0.717) is 11.8 Å². The van der Waals surface area contributed by atoms with Crippen molar-refractivity contribution in [3.8, 4) is 5.88 Å². The Balaban J connectivity index is 1.50. The maximum absolute atomic E-state index is 5.29. The number of allylic oxidation sites excluding steroid dienone is 3. The molecule has 0 atom stereocenters. The molecule has 3 heterocycles. The van der Waals surface area contributed by atoms with Crippen LogP contribution in [-0.2, 0) is 6.54 Å². The lowest BCUT2D eigenvalue weighted by atomic mass is 9.96. The molecule has 0 aromatic carbocycles. The number of hydrogen-bond acceptors (Lipinski definition) is 5. The van der Waals surface area contributed by atoms with Crippen molar-refractivity contribution in [2.24, 2.45) is 5.92 Å². The van der Waals surface area contributed by atoms with Gasteiger partial charge in [-0.2, -0.15) is 0 Å². The summed E-state index contributed by atoms with van der Waals surface area (Å²) in [5.74, 6) is 2.61. The van der Waals surface area contributed by atoms with Gasteiger partial charge in [0.05, 0.1) is 7.11 Å². The highest BCUT2D eigenvalue weighted by atomic mass is 32.2. The number of piperidine rings is 1. The molecule has 1 fully saturated rings. The number of likely N-dealkylation sites (tertiary alicyclic amines) is 1. The average Bonchev–Trinajstić information content (AvgIpc) is 3.00. The first-order chi connectivity index (χ1) is 11.3. The Hall–Kier alpha value is -1.33. The number of ether oxygens (including phenoxy) is 1. The van der Waals surface area contributed by atoms with Crippen LogP contribution in [0.4, 0.5) is 0 Å². The standard InChI is InChI=1S/C18H25N3OS/c1-14-7-12-23-17(14)4-3-15-5-10-21(11-6-15)13-16-18(22-2)20-9-8-19-16/h3-4,8-9,15H,5-7,10-13H2,1-2H3/b4-3+. The molecule has 2 aliphatic heterocycles. The maximum atomic E-state index is 5.29. The molecule has 0 N–H and O–H groups in total. The Labute approximate surface area is 143 Å². The van der Waals surface area contributed by atoms with Crippen LogP contribution in [0.3, 0.4) is 0 Å². The highest BCUT2D eigenvalue weighted by molar-refractivity contribution is 8.03. The van der Waals surface area contributed by atoms with Gasteiger partial charge in [-0.25, -0.2) is 4.98 Å². The predicted octanol–water partition coefficient (Wildman–Crippen LogP) is 3.66. The van der Waals surface area contributed by atoms with Gasteiger partial charge < -0.3 is 4.74 Å². The van der Waals surface area contributed by atoms with Crippen molar-refractivity contribution in [1.29, 1.82) is 0 Å². The molecule has 1 saturated heterocycles. The van der Waals surface area contributed by atoms with Crippen LogP contribution in [0.15, 0.2) is 35.0 Å². The SMILES string of the molecule is COc1nccnc1CN1CCC(/C=C/C2=C(C)CCS2)CC1. The van der Waals surface area contributed by atoms with E-state index in [1.807, 2.05) is 11.8 Å². The molecule has 0 bridgehead atoms. The van der Waals surface area contributed by atoms with Crippen LogP contribution < -0.4 is 4.74 Å². The number of methoxy groups -OCH3 is 1. The number of nitrogens with zero attached hydrogens (tertiary/aromatic N) is 3. The minimum atomic E-state index is 0.648. The van der Waals surface area contributed by atoms with Crippen LogP contribution in [0.1, 0.15) is 31.9 Å². The number of rotatable bonds is 5. The van der Waals surface area contributed by atoms with E-state index < -0.39 is 0 Å². The molecule has 2 aliphatic rings. The van der Waals surface area contributed by atoms with Crippen molar-refractivity contribution < 1.29 is 4.74 Å². The Morgan fingerprint density at radius 3 is 2.78 bits per heavy atom. The van der Waals surface area contributed by atoms with Gasteiger partial charge in [0.25, 0.3) is 0 Å². The van der Waals surface area contributed by atoms with E-state index in [1.54, 1.807) is 25.1 Å². The first-order valence-electron chi connectivity index (χ1n) is 8.33. The van der Waals surface area contributed by atoms with Gasteiger partial charge in [0.1, 0.15) is 5.69 Å². The molecule has 0 radical (unpaired) electrons. The monoisotopic (exact) mass is 331 g/mol. The van der Waals surface area contributed by atoms with E-state index >= 15 is 0 Å². The van der Waals surface area contributed by atoms with Gasteiger partial charge in [0, 0.05) is 29.6 Å². The lowest BCUT2D eigenvalue weighted by molar-refractivity contribution is 0.191. The summed E-state index contributed by atoms with van der Waals surface area (Å²) in [6.45, 7) is 5.31. The van der Waals surface area contributed by atoms with E-state index in [2.05, 4.69) is 33.9 Å². The summed E-state index contributed by atoms with van der Waals surface area (Å²) < 4.78 is 5.29. The first kappa shape index (κ1) is 16.5. The summed E-state index contributed by atoms with van der Waals surface area (Å²) in [4.78, 5) is 12.6. The van der Waals surface area contributed by atoms with Crippen molar-refractivity contribution in [2.75, 3.05) is 26.0 Å². The van der Waals surface area contributed by atoms with Crippen LogP contribution in [0, 0.1) is 5.92 Å². The third-order valence-corrected chi connectivity index (χ3v) is 5.81. The van der Waals surface area contributed by atoms with Crippen LogP contribution in [0.5, 0.6) is 5.88 Å². The van der Waals surface area contributed by atoms with Crippen LogP contribution in [0.2, 0.25) is 0 Å². The Morgan fingerprint density at radius 1 is 1.30 bits per heavy atom. The molecule has 0 amide bonds. The second-order valence-electron chi connectivity index (χ2n) is 6.23. The first-order valence-corrected chi connectivity index (χ1v) is 9.32. The third-order valence-electron chi connectivity index (χ3n) is 4.61. The van der Waals surface area contributed by atoms with Gasteiger partial charge >= 0.3 is 0 Å². The van der Waals surface area contributed by atoms with Crippen LogP contribution in [0.25, 0.3) is 0 Å². The molecule has 1 aromatic rings. The van der Waals surface area contributed by atoms with E-state index in [4.69, 9.17) is 4.74 Å². The fourth-order valence-electron chi connectivity index (χ4n) is 3.12. The second kappa shape index (κ2) is 7.97. The second-order valence-corrected chi connectivity index (χ2v) is 7.36. The molecule has 5 heteroatoms. The summed E-state index contributed by atoms with van der Waals surface area (Å²) in [5.41, 5.74) is 2.49. The summed E-state index contributed by atoms with van der Waals surface area (Å²) >= 11 is 2.00. The summed E-state index contributed by atoms with van der Waals surface area (Å²) in [7, 11) is 1.66. The zero-order valence-corrected chi connectivity index (χ0v) is 14.8. The minimum absolute atomic E-state index is 0.648. The molecule has 23 heavy (non-hydrogen) atoms. The third kappa shape index (κ3) is 4.36. The highest BCUT2D eigenvalue weighted by Gasteiger charge is 2.19. The molecule has 124 valence electrons. The molecule has 0 saturated carbocycles. The van der Waals surface area contributed by atoms with Crippen molar-refractivity contribution >= 4 is 11.8 Å². The lowest BCUT2D eigenvalue weighted by Crippen LogP contribution is -2.33. The quantitative estimate of drug-likeness (QED) is 0.823. The molecule has 1 aromatic heterocycles. The van der Waals surface area contributed by atoms with Crippen molar-refractivity contribution in [3.63, 3.8) is 0 Å². The zero-order chi connectivity index (χ0) is 16.1. The molecule has 3 rings (SSSR count). The van der Waals surface area contributed by atoms with E-state index in [-0.39, 0.29) is 0 Å². The summed E-state index contributed by atoms with van der Waals surface area (Å²) in [5, 5.41) is 0. The largest absolute Gasteiger partial charge is 0.480 e. The number of aromatic nitrogens is 2. The molecule has 4 nitrogen and oxygen atoms in total. The van der Waals surface area contributed by atoms with Crippen molar-refractivity contribution in [2.45, 2.75) is 32.7 Å². The summed E-state index contributed by atoms with van der Waals surface area (Å²) in [6, 6.07) is 0. The van der Waals surface area contributed by atoms with Crippen LogP contribution in [-0.4, -0.2) is 40.8 Å². The van der Waals surface area contributed by atoms with E-state index in [9.17, 15) is 0 Å². The predicted molar refractivity (Wildman–Crippen MR) is 95.5 cm³/mol. The lowest BCUT2D eigenvalue weighted by Gasteiger charge is -2.30. The van der Waals surface area contributed by atoms with Crippen molar-refractivity contribution in [1.82, 2.24) is 14.9 Å². The van der Waals surface area contributed by atoms with E-state index in [1.165, 1.54) is 29.9 Å². The van der Waals surface area contributed by atoms with Gasteiger partial charge in [-0.1, -0.05) is 17.7 Å². The van der Waals surface area contributed by atoms with Gasteiger partial charge in [0.2, 0.25) is 5.88 Å². The van der Waals surface area contributed by atoms with Crippen molar-refractivity contribution in [3.05, 3.63) is 40.7 Å². The molecule has 0 unspecified atom stereocenters. The normalized spacial score (nSPS) is 20.6. The van der Waals surface area contributed by atoms with E-state index in [0.717, 1.165) is 25.3 Å². The zero-order valence-electron chi connectivity index (χ0n) is 14.0. The van der Waals surface area contributed by atoms with Gasteiger partial charge in [-0.15, -0.1) is 11.8 Å². The highest BCUT2D eigenvalue weighted by Crippen LogP contribution is 2.32. The van der Waals surface area contributed by atoms with Gasteiger partial charge in [-0.05, 0) is 45.2 Å². The number of thioether (sulfide) groups is 1. The summed E-state index contributed by atoms with van der Waals surface area (Å²) in [6.07, 6.45) is 11.9. The average molecular weight is 331 g/mol.